The molecule has 4 heteroatoms. The molecule has 4 nitrogen and oxygen atoms in total. The van der Waals surface area contributed by atoms with E-state index in [1.807, 2.05) is 17.0 Å². The summed E-state index contributed by atoms with van der Waals surface area (Å²) in [7, 11) is 0. The van der Waals surface area contributed by atoms with E-state index in [1.54, 1.807) is 0 Å². The van der Waals surface area contributed by atoms with Gasteiger partial charge >= 0.3 is 0 Å². The minimum absolute atomic E-state index is 0.0645. The maximum Gasteiger partial charge on any atom is 0.253 e. The summed E-state index contributed by atoms with van der Waals surface area (Å²) in [6.45, 7) is 15.7. The molecule has 1 fully saturated rings. The van der Waals surface area contributed by atoms with Crippen molar-refractivity contribution in [2.75, 3.05) is 26.2 Å². The molecule has 0 unspecified atom stereocenters. The van der Waals surface area contributed by atoms with Gasteiger partial charge in [-0.05, 0) is 35.9 Å². The van der Waals surface area contributed by atoms with Gasteiger partial charge < -0.3 is 15.3 Å². The molecule has 0 spiro atoms. The van der Waals surface area contributed by atoms with Gasteiger partial charge in [0.25, 0.3) is 5.91 Å². The maximum absolute atomic E-state index is 13.0. The van der Waals surface area contributed by atoms with Gasteiger partial charge in [-0.15, -0.1) is 0 Å². The van der Waals surface area contributed by atoms with E-state index in [2.05, 4.69) is 46.9 Å². The van der Waals surface area contributed by atoms with Gasteiger partial charge in [0.1, 0.15) is 5.75 Å². The summed E-state index contributed by atoms with van der Waals surface area (Å²) in [5.41, 5.74) is 1.92. The Morgan fingerprint density at radius 3 is 2.04 bits per heavy atom. The second-order valence-electron chi connectivity index (χ2n) is 8.82. The molecular formula is C20H32N2O2. The third-order valence-corrected chi connectivity index (χ3v) is 4.60. The zero-order valence-corrected chi connectivity index (χ0v) is 16.0. The lowest BCUT2D eigenvalue weighted by Gasteiger charge is -2.29. The topological polar surface area (TPSA) is 52.6 Å². The SMILES string of the molecule is CC(C)(C)c1cc(C(=O)N2CCCNCC2)cc(C(C)(C)C)c1O. The number of carbonyl (C=O) groups is 1. The second-order valence-corrected chi connectivity index (χ2v) is 8.82. The van der Waals surface area contributed by atoms with E-state index in [9.17, 15) is 9.90 Å². The molecule has 1 heterocycles. The van der Waals surface area contributed by atoms with Crippen molar-refractivity contribution < 1.29 is 9.90 Å². The molecule has 0 atom stereocenters. The molecule has 0 aliphatic carbocycles. The van der Waals surface area contributed by atoms with Crippen LogP contribution < -0.4 is 5.32 Å². The van der Waals surface area contributed by atoms with Crippen molar-refractivity contribution >= 4 is 5.91 Å². The molecular weight excluding hydrogens is 300 g/mol. The molecule has 2 rings (SSSR count). The molecule has 24 heavy (non-hydrogen) atoms. The quantitative estimate of drug-likeness (QED) is 0.828. The highest BCUT2D eigenvalue weighted by atomic mass is 16.3. The number of nitrogens with zero attached hydrogens (tertiary/aromatic N) is 1. The highest BCUT2D eigenvalue weighted by molar-refractivity contribution is 5.95. The minimum atomic E-state index is -0.222. The average Bonchev–Trinajstić information content (AvgIpc) is 2.73. The van der Waals surface area contributed by atoms with Gasteiger partial charge in [-0.1, -0.05) is 41.5 Å². The molecule has 1 aliphatic rings. The van der Waals surface area contributed by atoms with Crippen molar-refractivity contribution in [3.8, 4) is 5.75 Å². The predicted octanol–water partition coefficient (Wildman–Crippen LogP) is 3.42. The number of hydrogen-bond acceptors (Lipinski definition) is 3. The number of carbonyl (C=O) groups excluding carboxylic acids is 1. The number of rotatable bonds is 1. The van der Waals surface area contributed by atoms with E-state index in [-0.39, 0.29) is 16.7 Å². The fourth-order valence-corrected chi connectivity index (χ4v) is 3.13. The Morgan fingerprint density at radius 2 is 1.54 bits per heavy atom. The summed E-state index contributed by atoms with van der Waals surface area (Å²) in [4.78, 5) is 15.0. The fourth-order valence-electron chi connectivity index (χ4n) is 3.13. The minimum Gasteiger partial charge on any atom is -0.507 e. The highest BCUT2D eigenvalue weighted by Gasteiger charge is 2.29. The Labute approximate surface area is 146 Å². The van der Waals surface area contributed by atoms with E-state index < -0.39 is 0 Å². The Balaban J connectivity index is 2.51. The number of benzene rings is 1. The number of aromatic hydroxyl groups is 1. The van der Waals surface area contributed by atoms with Gasteiger partial charge in [0.05, 0.1) is 0 Å². The third kappa shape index (κ3) is 4.10. The van der Waals surface area contributed by atoms with E-state index in [0.717, 1.165) is 43.7 Å². The summed E-state index contributed by atoms with van der Waals surface area (Å²) in [5.74, 6) is 0.388. The third-order valence-electron chi connectivity index (χ3n) is 4.60. The number of amides is 1. The van der Waals surface area contributed by atoms with Crippen LogP contribution in [0.1, 0.15) is 69.4 Å². The first-order valence-electron chi connectivity index (χ1n) is 8.90. The van der Waals surface area contributed by atoms with E-state index in [4.69, 9.17) is 0 Å². The van der Waals surface area contributed by atoms with Crippen molar-refractivity contribution in [2.24, 2.45) is 0 Å². The van der Waals surface area contributed by atoms with Crippen LogP contribution in [0.4, 0.5) is 0 Å². The molecule has 0 radical (unpaired) electrons. The van der Waals surface area contributed by atoms with Gasteiger partial charge in [-0.3, -0.25) is 4.79 Å². The van der Waals surface area contributed by atoms with Crippen LogP contribution in [0.15, 0.2) is 12.1 Å². The molecule has 1 saturated heterocycles. The lowest BCUT2D eigenvalue weighted by atomic mass is 9.78. The van der Waals surface area contributed by atoms with Crippen LogP contribution in [-0.4, -0.2) is 42.1 Å². The summed E-state index contributed by atoms with van der Waals surface area (Å²) in [6.07, 6.45) is 0.974. The maximum atomic E-state index is 13.0. The van der Waals surface area contributed by atoms with Gasteiger partial charge in [0.15, 0.2) is 0 Å². The van der Waals surface area contributed by atoms with Gasteiger partial charge in [0, 0.05) is 36.3 Å². The second kappa shape index (κ2) is 6.75. The molecule has 1 amide bonds. The number of hydrogen-bond donors (Lipinski definition) is 2. The molecule has 0 aromatic heterocycles. The Kier molecular flexibility index (Phi) is 5.28. The Bertz CT molecular complexity index is 566. The summed E-state index contributed by atoms with van der Waals surface area (Å²) in [6, 6.07) is 3.76. The number of phenols is 1. The molecule has 1 aromatic carbocycles. The van der Waals surface area contributed by atoms with Crippen molar-refractivity contribution in [2.45, 2.75) is 58.8 Å². The van der Waals surface area contributed by atoms with Crippen LogP contribution in [-0.2, 0) is 10.8 Å². The molecule has 0 bridgehead atoms. The first kappa shape index (κ1) is 18.8. The molecule has 134 valence electrons. The van der Waals surface area contributed by atoms with Gasteiger partial charge in [-0.25, -0.2) is 0 Å². The number of nitrogens with one attached hydrogen (secondary N) is 1. The van der Waals surface area contributed by atoms with Crippen LogP contribution >= 0.6 is 0 Å². The zero-order chi connectivity index (χ0) is 18.1. The average molecular weight is 332 g/mol. The van der Waals surface area contributed by atoms with Crippen molar-refractivity contribution in [1.29, 1.82) is 0 Å². The molecule has 2 N–H and O–H groups in total. The number of phenolic OH excluding ortho intramolecular Hbond substituents is 1. The largest absolute Gasteiger partial charge is 0.507 e. The van der Waals surface area contributed by atoms with Crippen LogP contribution in [0.2, 0.25) is 0 Å². The summed E-state index contributed by atoms with van der Waals surface area (Å²) >= 11 is 0. The van der Waals surface area contributed by atoms with E-state index in [1.165, 1.54) is 0 Å². The van der Waals surface area contributed by atoms with Gasteiger partial charge in [0.2, 0.25) is 0 Å². The monoisotopic (exact) mass is 332 g/mol. The standard InChI is InChI=1S/C20H32N2O2/c1-19(2,3)15-12-14(13-16(17(15)23)20(4,5)6)18(24)22-10-7-8-21-9-11-22/h12-13,21,23H,7-11H2,1-6H3. The summed E-state index contributed by atoms with van der Waals surface area (Å²) in [5, 5.41) is 14.1. The first-order valence-corrected chi connectivity index (χ1v) is 8.90. The Hall–Kier alpha value is -1.55. The van der Waals surface area contributed by atoms with E-state index in [0.29, 0.717) is 11.3 Å². The highest BCUT2D eigenvalue weighted by Crippen LogP contribution is 2.40. The van der Waals surface area contributed by atoms with Crippen LogP contribution in [0.25, 0.3) is 0 Å². The van der Waals surface area contributed by atoms with Crippen LogP contribution in [0.3, 0.4) is 0 Å². The lowest BCUT2D eigenvalue weighted by molar-refractivity contribution is 0.0766. The van der Waals surface area contributed by atoms with E-state index >= 15 is 0 Å². The Morgan fingerprint density at radius 1 is 1.00 bits per heavy atom. The molecule has 1 aromatic rings. The van der Waals surface area contributed by atoms with Crippen LogP contribution in [0, 0.1) is 0 Å². The molecule has 0 saturated carbocycles. The smallest absolute Gasteiger partial charge is 0.253 e. The molecule has 1 aliphatic heterocycles. The summed E-state index contributed by atoms with van der Waals surface area (Å²) < 4.78 is 0. The lowest BCUT2D eigenvalue weighted by Crippen LogP contribution is -2.34. The fraction of sp³-hybridized carbons (Fsp3) is 0.650. The predicted molar refractivity (Wildman–Crippen MR) is 98.9 cm³/mol. The van der Waals surface area contributed by atoms with Crippen molar-refractivity contribution in [3.05, 3.63) is 28.8 Å². The van der Waals surface area contributed by atoms with Crippen molar-refractivity contribution in [3.63, 3.8) is 0 Å². The van der Waals surface area contributed by atoms with Crippen molar-refractivity contribution in [1.82, 2.24) is 10.2 Å². The van der Waals surface area contributed by atoms with Crippen LogP contribution in [0.5, 0.6) is 5.75 Å². The first-order chi connectivity index (χ1) is 11.0. The normalized spacial score (nSPS) is 16.8. The van der Waals surface area contributed by atoms with Gasteiger partial charge in [-0.2, -0.15) is 0 Å². The zero-order valence-electron chi connectivity index (χ0n) is 16.0.